The molecule has 108 valence electrons. The molecule has 1 rings (SSSR count). The van der Waals surface area contributed by atoms with E-state index >= 15 is 0 Å². The smallest absolute Gasteiger partial charge is 0.251 e. The number of hydrogen-bond acceptors (Lipinski definition) is 2. The third-order valence-electron chi connectivity index (χ3n) is 3.05. The summed E-state index contributed by atoms with van der Waals surface area (Å²) in [4.78, 5) is 12.1. The van der Waals surface area contributed by atoms with Crippen molar-refractivity contribution in [3.8, 4) is 11.8 Å². The van der Waals surface area contributed by atoms with Crippen LogP contribution < -0.4 is 5.32 Å². The summed E-state index contributed by atoms with van der Waals surface area (Å²) in [5.41, 5.74) is 2.54. The number of nitrogens with one attached hydrogen (secondary N) is 1. The van der Waals surface area contributed by atoms with Gasteiger partial charge in [0, 0.05) is 23.6 Å². The Morgan fingerprint density at radius 1 is 1.45 bits per heavy atom. The SMILES string of the molecule is CCCC(C)NC(=O)c1ccc(C#CCCO)c(C)c1. The minimum atomic E-state index is -0.0380. The van der Waals surface area contributed by atoms with Crippen molar-refractivity contribution in [2.24, 2.45) is 0 Å². The third kappa shape index (κ3) is 5.07. The second kappa shape index (κ2) is 8.39. The maximum atomic E-state index is 12.1. The van der Waals surface area contributed by atoms with Crippen LogP contribution in [0.3, 0.4) is 0 Å². The highest BCUT2D eigenvalue weighted by molar-refractivity contribution is 5.94. The van der Waals surface area contributed by atoms with Gasteiger partial charge >= 0.3 is 0 Å². The van der Waals surface area contributed by atoms with Crippen LogP contribution in [0.4, 0.5) is 0 Å². The van der Waals surface area contributed by atoms with Crippen molar-refractivity contribution in [1.29, 1.82) is 0 Å². The number of aliphatic hydroxyl groups excluding tert-OH is 1. The van der Waals surface area contributed by atoms with Crippen LogP contribution in [-0.2, 0) is 0 Å². The molecule has 3 nitrogen and oxygen atoms in total. The van der Waals surface area contributed by atoms with Crippen molar-refractivity contribution >= 4 is 5.91 Å². The number of carbonyl (C=O) groups excluding carboxylic acids is 1. The molecule has 1 unspecified atom stereocenters. The van der Waals surface area contributed by atoms with E-state index < -0.39 is 0 Å². The van der Waals surface area contributed by atoms with Crippen molar-refractivity contribution in [2.75, 3.05) is 6.61 Å². The number of aliphatic hydroxyl groups is 1. The molecule has 1 aromatic rings. The normalized spacial score (nSPS) is 11.4. The maximum Gasteiger partial charge on any atom is 0.251 e. The highest BCUT2D eigenvalue weighted by Gasteiger charge is 2.10. The molecule has 0 heterocycles. The molecule has 1 aromatic carbocycles. The average Bonchev–Trinajstić information content (AvgIpc) is 2.41. The van der Waals surface area contributed by atoms with E-state index in [-0.39, 0.29) is 18.6 Å². The minimum absolute atomic E-state index is 0.0380. The quantitative estimate of drug-likeness (QED) is 0.810. The molecular formula is C17H23NO2. The van der Waals surface area contributed by atoms with E-state index in [9.17, 15) is 4.79 Å². The Morgan fingerprint density at radius 2 is 2.20 bits per heavy atom. The van der Waals surface area contributed by atoms with E-state index in [1.807, 2.05) is 26.0 Å². The molecule has 0 bridgehead atoms. The fourth-order valence-corrected chi connectivity index (χ4v) is 1.97. The zero-order valence-electron chi connectivity index (χ0n) is 12.5. The molecule has 0 saturated carbocycles. The van der Waals surface area contributed by atoms with Gasteiger partial charge in [-0.2, -0.15) is 0 Å². The Kier molecular flexibility index (Phi) is 6.83. The molecular weight excluding hydrogens is 250 g/mol. The molecule has 1 atom stereocenters. The van der Waals surface area contributed by atoms with Gasteiger partial charge in [0.1, 0.15) is 0 Å². The summed E-state index contributed by atoms with van der Waals surface area (Å²) in [5, 5.41) is 11.7. The lowest BCUT2D eigenvalue weighted by molar-refractivity contribution is 0.0938. The van der Waals surface area contributed by atoms with Crippen LogP contribution in [0.15, 0.2) is 18.2 Å². The van der Waals surface area contributed by atoms with Crippen LogP contribution >= 0.6 is 0 Å². The predicted octanol–water partition coefficient (Wildman–Crippen LogP) is 2.65. The van der Waals surface area contributed by atoms with Gasteiger partial charge in [0.25, 0.3) is 5.91 Å². The van der Waals surface area contributed by atoms with Crippen molar-refractivity contribution < 1.29 is 9.90 Å². The van der Waals surface area contributed by atoms with Gasteiger partial charge in [-0.15, -0.1) is 0 Å². The van der Waals surface area contributed by atoms with Gasteiger partial charge in [0.15, 0.2) is 0 Å². The van der Waals surface area contributed by atoms with Crippen molar-refractivity contribution in [2.45, 2.75) is 46.1 Å². The van der Waals surface area contributed by atoms with Gasteiger partial charge in [-0.05, 0) is 44.0 Å². The Balaban J connectivity index is 2.77. The van der Waals surface area contributed by atoms with Crippen LogP contribution in [-0.4, -0.2) is 23.7 Å². The second-order valence-corrected chi connectivity index (χ2v) is 4.97. The largest absolute Gasteiger partial charge is 0.395 e. The zero-order chi connectivity index (χ0) is 15.0. The third-order valence-corrected chi connectivity index (χ3v) is 3.05. The maximum absolute atomic E-state index is 12.1. The summed E-state index contributed by atoms with van der Waals surface area (Å²) in [7, 11) is 0. The summed E-state index contributed by atoms with van der Waals surface area (Å²) in [5.74, 6) is 5.85. The van der Waals surface area contributed by atoms with E-state index in [0.717, 1.165) is 24.0 Å². The lowest BCUT2D eigenvalue weighted by Gasteiger charge is -2.13. The van der Waals surface area contributed by atoms with E-state index in [0.29, 0.717) is 12.0 Å². The van der Waals surface area contributed by atoms with Crippen LogP contribution in [0.1, 0.15) is 54.6 Å². The number of benzene rings is 1. The van der Waals surface area contributed by atoms with Crippen LogP contribution in [0.5, 0.6) is 0 Å². The first kappa shape index (κ1) is 16.3. The first-order chi connectivity index (χ1) is 9.58. The molecule has 2 N–H and O–H groups in total. The van der Waals surface area contributed by atoms with E-state index in [1.54, 1.807) is 6.07 Å². The number of aryl methyl sites for hydroxylation is 1. The molecule has 0 aliphatic rings. The summed E-state index contributed by atoms with van der Waals surface area (Å²) < 4.78 is 0. The summed E-state index contributed by atoms with van der Waals surface area (Å²) in [6.07, 6.45) is 2.51. The fourth-order valence-electron chi connectivity index (χ4n) is 1.97. The first-order valence-electron chi connectivity index (χ1n) is 7.09. The van der Waals surface area contributed by atoms with Crippen LogP contribution in [0.25, 0.3) is 0 Å². The number of rotatable bonds is 5. The van der Waals surface area contributed by atoms with Gasteiger partial charge in [-0.1, -0.05) is 25.2 Å². The molecule has 0 aliphatic carbocycles. The van der Waals surface area contributed by atoms with Gasteiger partial charge in [-0.25, -0.2) is 0 Å². The Labute approximate surface area is 121 Å². The Bertz CT molecular complexity index is 511. The lowest BCUT2D eigenvalue weighted by atomic mass is 10.0. The van der Waals surface area contributed by atoms with Gasteiger partial charge in [-0.3, -0.25) is 4.79 Å². The Morgan fingerprint density at radius 3 is 2.80 bits per heavy atom. The van der Waals surface area contributed by atoms with Crippen molar-refractivity contribution in [1.82, 2.24) is 5.32 Å². The number of amides is 1. The van der Waals surface area contributed by atoms with Gasteiger partial charge < -0.3 is 10.4 Å². The van der Waals surface area contributed by atoms with E-state index in [1.165, 1.54) is 0 Å². The molecule has 20 heavy (non-hydrogen) atoms. The number of hydrogen-bond donors (Lipinski definition) is 2. The molecule has 3 heteroatoms. The molecule has 0 radical (unpaired) electrons. The topological polar surface area (TPSA) is 49.3 Å². The predicted molar refractivity (Wildman–Crippen MR) is 81.6 cm³/mol. The summed E-state index contributed by atoms with van der Waals surface area (Å²) in [6.45, 7) is 6.13. The summed E-state index contributed by atoms with van der Waals surface area (Å²) >= 11 is 0. The van der Waals surface area contributed by atoms with E-state index in [2.05, 4.69) is 24.1 Å². The Hall–Kier alpha value is -1.79. The summed E-state index contributed by atoms with van der Waals surface area (Å²) in [6, 6.07) is 5.71. The monoisotopic (exact) mass is 273 g/mol. The van der Waals surface area contributed by atoms with Crippen molar-refractivity contribution in [3.05, 3.63) is 34.9 Å². The molecule has 0 fully saturated rings. The van der Waals surface area contributed by atoms with E-state index in [4.69, 9.17) is 5.11 Å². The van der Waals surface area contributed by atoms with Crippen LogP contribution in [0, 0.1) is 18.8 Å². The molecule has 0 aliphatic heterocycles. The molecule has 0 aromatic heterocycles. The van der Waals surface area contributed by atoms with Gasteiger partial charge in [0.2, 0.25) is 0 Å². The van der Waals surface area contributed by atoms with Gasteiger partial charge in [0.05, 0.1) is 6.61 Å². The molecule has 1 amide bonds. The molecule has 0 saturated heterocycles. The highest BCUT2D eigenvalue weighted by atomic mass is 16.2. The van der Waals surface area contributed by atoms with Crippen LogP contribution in [0.2, 0.25) is 0 Å². The second-order valence-electron chi connectivity index (χ2n) is 4.97. The fraction of sp³-hybridized carbons (Fsp3) is 0.471. The number of carbonyl (C=O) groups is 1. The molecule has 0 spiro atoms. The first-order valence-corrected chi connectivity index (χ1v) is 7.09. The standard InChI is InChI=1S/C17H23NO2/c1-4-7-14(3)18-17(20)16-10-9-15(13(2)12-16)8-5-6-11-19/h9-10,12,14,19H,4,6-7,11H2,1-3H3,(H,18,20). The minimum Gasteiger partial charge on any atom is -0.395 e. The zero-order valence-corrected chi connectivity index (χ0v) is 12.5. The van der Waals surface area contributed by atoms with Crippen molar-refractivity contribution in [3.63, 3.8) is 0 Å². The highest BCUT2D eigenvalue weighted by Crippen LogP contribution is 2.11. The lowest BCUT2D eigenvalue weighted by Crippen LogP contribution is -2.32. The average molecular weight is 273 g/mol.